The molecule has 0 spiro atoms. The maximum Gasteiger partial charge on any atom is 0.185 e. The van der Waals surface area contributed by atoms with Gasteiger partial charge in [-0.3, -0.25) is 9.80 Å². The summed E-state index contributed by atoms with van der Waals surface area (Å²) in [4.78, 5) is 15.8. The quantitative estimate of drug-likeness (QED) is 0.722. The lowest BCUT2D eigenvalue weighted by Gasteiger charge is -2.44. The van der Waals surface area contributed by atoms with E-state index in [-0.39, 0.29) is 0 Å². The molecule has 2 aliphatic heterocycles. The van der Waals surface area contributed by atoms with E-state index in [1.807, 2.05) is 17.4 Å². The van der Waals surface area contributed by atoms with Crippen LogP contribution in [0.5, 0.6) is 5.75 Å². The van der Waals surface area contributed by atoms with Crippen LogP contribution in [0.3, 0.4) is 0 Å². The second-order valence-electron chi connectivity index (χ2n) is 8.23. The summed E-state index contributed by atoms with van der Waals surface area (Å²) in [6.45, 7) is 7.79. The second kappa shape index (κ2) is 9.32. The van der Waals surface area contributed by atoms with E-state index in [0.717, 1.165) is 43.6 Å². The van der Waals surface area contributed by atoms with Crippen molar-refractivity contribution in [1.82, 2.24) is 14.8 Å². The van der Waals surface area contributed by atoms with Crippen molar-refractivity contribution >= 4 is 22.2 Å². The first-order valence-electron chi connectivity index (χ1n) is 10.6. The van der Waals surface area contributed by atoms with Gasteiger partial charge in [-0.15, -0.1) is 11.3 Å². The summed E-state index contributed by atoms with van der Waals surface area (Å²) in [6, 6.07) is 9.05. The second-order valence-corrected chi connectivity index (χ2v) is 9.32. The minimum absolute atomic E-state index is 0.671. The minimum Gasteiger partial charge on any atom is -0.495 e. The Morgan fingerprint density at radius 3 is 2.66 bits per heavy atom. The molecule has 2 saturated heterocycles. The topological polar surface area (TPSA) is 35.1 Å². The molecule has 7 heteroatoms. The Hall–Kier alpha value is -1.83. The van der Waals surface area contributed by atoms with Crippen LogP contribution in [0.15, 0.2) is 30.5 Å². The number of nitrogens with zero attached hydrogens (tertiary/aromatic N) is 5. The molecule has 1 atom stereocenters. The Morgan fingerprint density at radius 1 is 1.14 bits per heavy atom. The largest absolute Gasteiger partial charge is 0.495 e. The lowest BCUT2D eigenvalue weighted by Crippen LogP contribution is -2.55. The number of methoxy groups -OCH3 is 1. The molecule has 6 nitrogen and oxygen atoms in total. The van der Waals surface area contributed by atoms with Crippen molar-refractivity contribution in [2.24, 2.45) is 0 Å². The highest BCUT2D eigenvalue weighted by atomic mass is 32.1. The van der Waals surface area contributed by atoms with Crippen molar-refractivity contribution < 1.29 is 4.74 Å². The number of benzene rings is 1. The van der Waals surface area contributed by atoms with Crippen LogP contribution >= 0.6 is 11.3 Å². The molecule has 0 amide bonds. The summed E-state index contributed by atoms with van der Waals surface area (Å²) in [5.41, 5.74) is 1.22. The van der Waals surface area contributed by atoms with Crippen LogP contribution in [-0.2, 0) is 6.54 Å². The monoisotopic (exact) mass is 415 g/mol. The zero-order valence-corrected chi connectivity index (χ0v) is 18.7. The number of rotatable bonds is 6. The van der Waals surface area contributed by atoms with Crippen molar-refractivity contribution in [3.8, 4) is 5.75 Å². The molecule has 0 bridgehead atoms. The van der Waals surface area contributed by atoms with Gasteiger partial charge in [0.15, 0.2) is 5.13 Å². The molecule has 2 fully saturated rings. The Kier molecular flexibility index (Phi) is 6.57. The van der Waals surface area contributed by atoms with E-state index >= 15 is 0 Å². The average molecular weight is 416 g/mol. The molecule has 0 aliphatic carbocycles. The van der Waals surface area contributed by atoms with Crippen molar-refractivity contribution in [3.63, 3.8) is 0 Å². The zero-order chi connectivity index (χ0) is 20.2. The van der Waals surface area contributed by atoms with Crippen molar-refractivity contribution in [1.29, 1.82) is 0 Å². The molecule has 29 heavy (non-hydrogen) atoms. The first kappa shape index (κ1) is 20.4. The summed E-state index contributed by atoms with van der Waals surface area (Å²) in [7, 11) is 5.88. The van der Waals surface area contributed by atoms with E-state index in [9.17, 15) is 0 Å². The van der Waals surface area contributed by atoms with Gasteiger partial charge >= 0.3 is 0 Å². The number of ether oxygens (including phenoxy) is 1. The number of likely N-dealkylation sites (tertiary alicyclic amines) is 1. The van der Waals surface area contributed by atoms with E-state index in [4.69, 9.17) is 4.74 Å². The predicted octanol–water partition coefficient (Wildman–Crippen LogP) is 3.00. The Bertz CT molecular complexity index is 787. The normalized spacial score (nSPS) is 21.3. The van der Waals surface area contributed by atoms with Gasteiger partial charge in [0.25, 0.3) is 0 Å². The molecule has 1 aromatic heterocycles. The Labute approximate surface area is 178 Å². The minimum atomic E-state index is 0.671. The molecule has 4 rings (SSSR count). The van der Waals surface area contributed by atoms with Crippen LogP contribution in [0, 0.1) is 0 Å². The van der Waals surface area contributed by atoms with Gasteiger partial charge in [0.1, 0.15) is 5.75 Å². The number of piperazine rings is 1. The fourth-order valence-electron chi connectivity index (χ4n) is 4.49. The summed E-state index contributed by atoms with van der Waals surface area (Å²) < 4.78 is 5.56. The molecule has 0 radical (unpaired) electrons. The third-order valence-electron chi connectivity index (χ3n) is 6.04. The number of thiazole rings is 1. The summed E-state index contributed by atoms with van der Waals surface area (Å²) >= 11 is 1.81. The van der Waals surface area contributed by atoms with Gasteiger partial charge in [-0.1, -0.05) is 12.1 Å². The maximum absolute atomic E-state index is 5.56. The number of hydrogen-bond acceptors (Lipinski definition) is 7. The molecular weight excluding hydrogens is 382 g/mol. The van der Waals surface area contributed by atoms with Crippen LogP contribution in [0.2, 0.25) is 0 Å². The lowest BCUT2D eigenvalue weighted by atomic mass is 10.0. The van der Waals surface area contributed by atoms with Crippen molar-refractivity contribution in [3.05, 3.63) is 35.3 Å². The average Bonchev–Trinajstić information content (AvgIpc) is 3.23. The first-order valence-corrected chi connectivity index (χ1v) is 11.4. The van der Waals surface area contributed by atoms with E-state index in [1.54, 1.807) is 7.11 Å². The number of anilines is 2. The Balaban J connectivity index is 1.31. The maximum atomic E-state index is 5.56. The van der Waals surface area contributed by atoms with Crippen LogP contribution in [-0.4, -0.2) is 81.3 Å². The van der Waals surface area contributed by atoms with E-state index < -0.39 is 0 Å². The lowest BCUT2D eigenvalue weighted by molar-refractivity contribution is 0.0892. The molecule has 1 aromatic carbocycles. The molecule has 0 unspecified atom stereocenters. The van der Waals surface area contributed by atoms with Gasteiger partial charge in [-0.2, -0.15) is 0 Å². The van der Waals surface area contributed by atoms with Crippen molar-refractivity contribution in [2.75, 3.05) is 70.3 Å². The van der Waals surface area contributed by atoms with Gasteiger partial charge in [0, 0.05) is 70.5 Å². The molecule has 3 heterocycles. The van der Waals surface area contributed by atoms with Crippen LogP contribution < -0.4 is 14.5 Å². The van der Waals surface area contributed by atoms with E-state index in [1.165, 1.54) is 36.5 Å². The van der Waals surface area contributed by atoms with Gasteiger partial charge < -0.3 is 14.5 Å². The SMILES string of the molecule is COc1ccccc1N1CCN([C@@H]2CCCN(Cc3cnc(N(C)C)s3)C2)CC1. The van der Waals surface area contributed by atoms with Crippen LogP contribution in [0.4, 0.5) is 10.8 Å². The molecular formula is C22H33N5OS. The standard InChI is InChI=1S/C22H33N5OS/c1-24(2)22-23-15-19(29-22)17-25-10-6-7-18(16-25)26-11-13-27(14-12-26)20-8-4-5-9-21(20)28-3/h4-5,8-9,15,18H,6-7,10-14,16-17H2,1-3H3/t18-/m1/s1. The van der Waals surface area contributed by atoms with Crippen LogP contribution in [0.1, 0.15) is 17.7 Å². The van der Waals surface area contributed by atoms with Gasteiger partial charge in [0.05, 0.1) is 12.8 Å². The highest BCUT2D eigenvalue weighted by Gasteiger charge is 2.29. The number of para-hydroxylation sites is 2. The van der Waals surface area contributed by atoms with E-state index in [2.05, 4.69) is 63.1 Å². The third kappa shape index (κ3) is 4.85. The summed E-state index contributed by atoms with van der Waals surface area (Å²) in [6.07, 6.45) is 4.66. The van der Waals surface area contributed by atoms with Gasteiger partial charge in [-0.25, -0.2) is 4.98 Å². The van der Waals surface area contributed by atoms with Crippen LogP contribution in [0.25, 0.3) is 0 Å². The smallest absolute Gasteiger partial charge is 0.185 e. The molecule has 0 N–H and O–H groups in total. The number of piperidine rings is 1. The fourth-order valence-corrected chi connectivity index (χ4v) is 5.36. The fraction of sp³-hybridized carbons (Fsp3) is 0.591. The Morgan fingerprint density at radius 2 is 1.93 bits per heavy atom. The number of hydrogen-bond donors (Lipinski definition) is 0. The highest BCUT2D eigenvalue weighted by Crippen LogP contribution is 2.29. The van der Waals surface area contributed by atoms with Crippen molar-refractivity contribution in [2.45, 2.75) is 25.4 Å². The zero-order valence-electron chi connectivity index (χ0n) is 17.9. The number of aromatic nitrogens is 1. The van der Waals surface area contributed by atoms with E-state index in [0.29, 0.717) is 6.04 Å². The molecule has 2 aliphatic rings. The summed E-state index contributed by atoms with van der Waals surface area (Å²) in [5.74, 6) is 0.978. The van der Waals surface area contributed by atoms with Gasteiger partial charge in [0.2, 0.25) is 0 Å². The first-order chi connectivity index (χ1) is 14.1. The molecule has 0 saturated carbocycles. The third-order valence-corrected chi connectivity index (χ3v) is 7.19. The molecule has 2 aromatic rings. The highest BCUT2D eigenvalue weighted by molar-refractivity contribution is 7.15. The van der Waals surface area contributed by atoms with Gasteiger partial charge in [-0.05, 0) is 31.5 Å². The summed E-state index contributed by atoms with van der Waals surface area (Å²) in [5, 5.41) is 1.10. The predicted molar refractivity (Wildman–Crippen MR) is 122 cm³/mol. The molecule has 158 valence electrons.